The summed E-state index contributed by atoms with van der Waals surface area (Å²) in [5.41, 5.74) is 1.33. The number of unbranched alkanes of at least 4 members (excludes halogenated alkanes) is 1. The standard InChI is InChI=1S/C15H28N2O2S/c1-15(2,3)13-12-20-14(17-13)11-16-7-5-6-8-19-10-9-18-4/h12,16H,5-11H2,1-4H3. The van der Waals surface area contributed by atoms with Crippen molar-refractivity contribution in [3.63, 3.8) is 0 Å². The fourth-order valence-corrected chi connectivity index (χ4v) is 2.62. The summed E-state index contributed by atoms with van der Waals surface area (Å²) in [6.45, 7) is 10.7. The molecule has 0 atom stereocenters. The first-order valence-corrected chi connectivity index (χ1v) is 8.14. The van der Waals surface area contributed by atoms with E-state index < -0.39 is 0 Å². The van der Waals surface area contributed by atoms with Gasteiger partial charge in [0.05, 0.1) is 18.9 Å². The molecule has 0 saturated carbocycles. The molecule has 0 saturated heterocycles. The summed E-state index contributed by atoms with van der Waals surface area (Å²) in [7, 11) is 1.69. The van der Waals surface area contributed by atoms with Crippen molar-refractivity contribution in [3.05, 3.63) is 16.1 Å². The molecule has 0 aromatic carbocycles. The van der Waals surface area contributed by atoms with Crippen LogP contribution in [0.3, 0.4) is 0 Å². The average molecular weight is 300 g/mol. The Labute approximate surface area is 126 Å². The summed E-state index contributed by atoms with van der Waals surface area (Å²) >= 11 is 1.74. The average Bonchev–Trinajstić information content (AvgIpc) is 2.85. The third kappa shape index (κ3) is 7.33. The van der Waals surface area contributed by atoms with Gasteiger partial charge in [-0.05, 0) is 19.4 Å². The van der Waals surface area contributed by atoms with E-state index in [0.29, 0.717) is 13.2 Å². The Kier molecular flexibility index (Phi) is 8.30. The van der Waals surface area contributed by atoms with Gasteiger partial charge in [0.15, 0.2) is 0 Å². The number of nitrogens with one attached hydrogen (secondary N) is 1. The Balaban J connectivity index is 2.03. The van der Waals surface area contributed by atoms with E-state index in [2.05, 4.69) is 36.5 Å². The van der Waals surface area contributed by atoms with E-state index >= 15 is 0 Å². The summed E-state index contributed by atoms with van der Waals surface area (Å²) < 4.78 is 10.3. The van der Waals surface area contributed by atoms with Crippen molar-refractivity contribution in [2.75, 3.05) is 33.5 Å². The van der Waals surface area contributed by atoms with Gasteiger partial charge in [0.1, 0.15) is 5.01 Å². The van der Waals surface area contributed by atoms with Gasteiger partial charge in [-0.1, -0.05) is 20.8 Å². The predicted octanol–water partition coefficient (Wildman–Crippen LogP) is 2.97. The molecule has 4 nitrogen and oxygen atoms in total. The van der Waals surface area contributed by atoms with Crippen molar-refractivity contribution >= 4 is 11.3 Å². The SMILES string of the molecule is COCCOCCCCNCc1nc(C(C)(C)C)cs1. The lowest BCUT2D eigenvalue weighted by molar-refractivity contribution is 0.0688. The second-order valence-electron chi connectivity index (χ2n) is 5.87. The Morgan fingerprint density at radius 2 is 2.00 bits per heavy atom. The molecular weight excluding hydrogens is 272 g/mol. The topological polar surface area (TPSA) is 43.4 Å². The minimum absolute atomic E-state index is 0.147. The van der Waals surface area contributed by atoms with Crippen molar-refractivity contribution in [1.29, 1.82) is 0 Å². The fraction of sp³-hybridized carbons (Fsp3) is 0.800. The highest BCUT2D eigenvalue weighted by Crippen LogP contribution is 2.23. The normalized spacial score (nSPS) is 12.0. The quantitative estimate of drug-likeness (QED) is 0.675. The minimum atomic E-state index is 0.147. The molecule has 0 spiro atoms. The monoisotopic (exact) mass is 300 g/mol. The Morgan fingerprint density at radius 1 is 1.20 bits per heavy atom. The van der Waals surface area contributed by atoms with Crippen molar-refractivity contribution in [2.45, 2.75) is 45.6 Å². The lowest BCUT2D eigenvalue weighted by atomic mass is 9.93. The van der Waals surface area contributed by atoms with Crippen LogP contribution in [0.4, 0.5) is 0 Å². The first-order chi connectivity index (χ1) is 9.54. The zero-order valence-electron chi connectivity index (χ0n) is 13.2. The van der Waals surface area contributed by atoms with Gasteiger partial charge in [0.2, 0.25) is 0 Å². The molecule has 1 aromatic heterocycles. The van der Waals surface area contributed by atoms with Crippen molar-refractivity contribution in [3.8, 4) is 0 Å². The third-order valence-electron chi connectivity index (χ3n) is 2.92. The Morgan fingerprint density at radius 3 is 2.65 bits per heavy atom. The van der Waals surface area contributed by atoms with Crippen molar-refractivity contribution < 1.29 is 9.47 Å². The first-order valence-electron chi connectivity index (χ1n) is 7.26. The van der Waals surface area contributed by atoms with Crippen LogP contribution in [-0.2, 0) is 21.4 Å². The number of thiazole rings is 1. The molecule has 0 aliphatic rings. The molecule has 1 heterocycles. The molecule has 0 radical (unpaired) electrons. The van der Waals surface area contributed by atoms with E-state index in [9.17, 15) is 0 Å². The molecule has 20 heavy (non-hydrogen) atoms. The molecule has 0 aliphatic heterocycles. The van der Waals surface area contributed by atoms with Crippen LogP contribution in [0.1, 0.15) is 44.3 Å². The van der Waals surface area contributed by atoms with Crippen molar-refractivity contribution in [1.82, 2.24) is 10.3 Å². The predicted molar refractivity (Wildman–Crippen MR) is 84.4 cm³/mol. The molecule has 0 aliphatic carbocycles. The molecule has 5 heteroatoms. The van der Waals surface area contributed by atoms with Crippen LogP contribution >= 0.6 is 11.3 Å². The van der Waals surface area contributed by atoms with Gasteiger partial charge in [-0.25, -0.2) is 4.98 Å². The van der Waals surface area contributed by atoms with Gasteiger partial charge >= 0.3 is 0 Å². The largest absolute Gasteiger partial charge is 0.382 e. The van der Waals surface area contributed by atoms with Gasteiger partial charge in [0.25, 0.3) is 0 Å². The molecule has 0 amide bonds. The highest BCUT2D eigenvalue weighted by Gasteiger charge is 2.16. The van der Waals surface area contributed by atoms with Crippen LogP contribution in [0.25, 0.3) is 0 Å². The smallest absolute Gasteiger partial charge is 0.107 e. The van der Waals surface area contributed by atoms with Crippen molar-refractivity contribution in [2.24, 2.45) is 0 Å². The van der Waals surface area contributed by atoms with Crippen LogP contribution in [0.15, 0.2) is 5.38 Å². The summed E-state index contributed by atoms with van der Waals surface area (Å²) in [6, 6.07) is 0. The molecule has 0 unspecified atom stereocenters. The Bertz CT molecular complexity index is 361. The van der Waals surface area contributed by atoms with Gasteiger partial charge in [-0.2, -0.15) is 0 Å². The molecule has 116 valence electrons. The summed E-state index contributed by atoms with van der Waals surface area (Å²) in [4.78, 5) is 4.67. The number of ether oxygens (including phenoxy) is 2. The second-order valence-corrected chi connectivity index (χ2v) is 6.81. The van der Waals surface area contributed by atoms with Crippen LogP contribution in [0.5, 0.6) is 0 Å². The van der Waals surface area contributed by atoms with Gasteiger partial charge in [0, 0.05) is 31.1 Å². The van der Waals surface area contributed by atoms with Crippen LogP contribution in [-0.4, -0.2) is 38.5 Å². The van der Waals surface area contributed by atoms with E-state index in [1.54, 1.807) is 18.4 Å². The summed E-state index contributed by atoms with van der Waals surface area (Å²) in [5.74, 6) is 0. The fourth-order valence-electron chi connectivity index (χ4n) is 1.63. The molecule has 0 bridgehead atoms. The van der Waals surface area contributed by atoms with Gasteiger partial charge in [-0.15, -0.1) is 11.3 Å². The van der Waals surface area contributed by atoms with E-state index in [-0.39, 0.29) is 5.41 Å². The van der Waals surface area contributed by atoms with Gasteiger partial charge in [-0.3, -0.25) is 0 Å². The van der Waals surface area contributed by atoms with E-state index in [0.717, 1.165) is 32.5 Å². The molecular formula is C15H28N2O2S. The zero-order valence-corrected chi connectivity index (χ0v) is 14.0. The maximum Gasteiger partial charge on any atom is 0.107 e. The summed E-state index contributed by atoms with van der Waals surface area (Å²) in [5, 5.41) is 6.78. The molecule has 1 aromatic rings. The number of methoxy groups -OCH3 is 1. The third-order valence-corrected chi connectivity index (χ3v) is 3.77. The number of aromatic nitrogens is 1. The maximum absolute atomic E-state index is 5.42. The van der Waals surface area contributed by atoms with Gasteiger partial charge < -0.3 is 14.8 Å². The molecule has 1 rings (SSSR count). The number of hydrogen-bond acceptors (Lipinski definition) is 5. The lowest BCUT2D eigenvalue weighted by Crippen LogP contribution is -2.16. The zero-order chi connectivity index (χ0) is 14.8. The highest BCUT2D eigenvalue weighted by atomic mass is 32.1. The number of rotatable bonds is 10. The van der Waals surface area contributed by atoms with Crippen LogP contribution in [0.2, 0.25) is 0 Å². The summed E-state index contributed by atoms with van der Waals surface area (Å²) in [6.07, 6.45) is 2.21. The van der Waals surface area contributed by atoms with E-state index in [1.165, 1.54) is 10.7 Å². The Hall–Kier alpha value is -0.490. The first kappa shape index (κ1) is 17.6. The minimum Gasteiger partial charge on any atom is -0.382 e. The number of nitrogens with zero attached hydrogens (tertiary/aromatic N) is 1. The second kappa shape index (κ2) is 9.45. The molecule has 0 fully saturated rings. The maximum atomic E-state index is 5.42. The number of hydrogen-bond donors (Lipinski definition) is 1. The molecule has 1 N–H and O–H groups in total. The van der Waals surface area contributed by atoms with E-state index in [4.69, 9.17) is 9.47 Å². The highest BCUT2D eigenvalue weighted by molar-refractivity contribution is 7.09. The van der Waals surface area contributed by atoms with E-state index in [1.807, 2.05) is 0 Å². The van der Waals surface area contributed by atoms with Crippen LogP contribution < -0.4 is 5.32 Å². The lowest BCUT2D eigenvalue weighted by Gasteiger charge is -2.14. The van der Waals surface area contributed by atoms with Crippen LogP contribution in [0, 0.1) is 0 Å².